The maximum Gasteiger partial charge on any atom is 0.0371 e. The van der Waals surface area contributed by atoms with E-state index in [4.69, 9.17) is 0 Å². The van der Waals surface area contributed by atoms with Gasteiger partial charge in [0.05, 0.1) is 0 Å². The molecule has 312 valence electrons. The smallest absolute Gasteiger partial charge is 0.0371 e. The summed E-state index contributed by atoms with van der Waals surface area (Å²) >= 11 is 0. The van der Waals surface area contributed by atoms with Crippen molar-refractivity contribution in [3.63, 3.8) is 0 Å². The van der Waals surface area contributed by atoms with E-state index in [0.717, 1.165) is 23.7 Å². The van der Waals surface area contributed by atoms with Gasteiger partial charge in [0.1, 0.15) is 0 Å². The summed E-state index contributed by atoms with van der Waals surface area (Å²) in [4.78, 5) is 2.96. The van der Waals surface area contributed by atoms with Crippen LogP contribution in [0.3, 0.4) is 0 Å². The van der Waals surface area contributed by atoms with Crippen LogP contribution in [0.2, 0.25) is 0 Å². The van der Waals surface area contributed by atoms with Crippen molar-refractivity contribution >= 4 is 5.69 Å². The minimum Gasteiger partial charge on any atom is -0.366 e. The third-order valence-corrected chi connectivity index (χ3v) is 16.2. The first-order valence-electron chi connectivity index (χ1n) is 24.5. The summed E-state index contributed by atoms with van der Waals surface area (Å²) in [5.74, 6) is 4.67. The quantitative estimate of drug-likeness (QED) is 0.133. The van der Waals surface area contributed by atoms with Gasteiger partial charge in [-0.25, -0.2) is 0 Å². The molecule has 1 heteroatoms. The van der Waals surface area contributed by atoms with Crippen LogP contribution in [0.4, 0.5) is 5.69 Å². The van der Waals surface area contributed by atoms with Gasteiger partial charge in [-0.3, -0.25) is 0 Å². The van der Waals surface area contributed by atoms with Crippen molar-refractivity contribution in [1.29, 1.82) is 0 Å². The Morgan fingerprint density at radius 2 is 0.639 bits per heavy atom. The lowest BCUT2D eigenvalue weighted by Gasteiger charge is -2.47. The zero-order valence-corrected chi connectivity index (χ0v) is 36.5. The Bertz CT molecular complexity index is 2240. The molecule has 0 bridgehead atoms. The molecule has 0 heterocycles. The molecule has 4 aliphatic carbocycles. The SMILES string of the molecule is c1ccc(-c2ccc(-c3ccc(N(C4CCC(c5ccc(-c6cccc(-c7ccccc7)c6)cc5)CC4)C4CCC(C5CCC(C6CCCCC6)CC5)CC4)cc3)cc2)cc1. The molecule has 10 rings (SSSR count). The Morgan fingerprint density at radius 1 is 0.279 bits per heavy atom. The first-order chi connectivity index (χ1) is 30.2. The molecule has 4 aliphatic rings. The highest BCUT2D eigenvalue weighted by molar-refractivity contribution is 5.74. The molecule has 4 saturated carbocycles. The summed E-state index contributed by atoms with van der Waals surface area (Å²) in [6.07, 6.45) is 24.3. The lowest BCUT2D eigenvalue weighted by Crippen LogP contribution is -2.47. The summed E-state index contributed by atoms with van der Waals surface area (Å²) < 4.78 is 0. The Kier molecular flexibility index (Phi) is 12.5. The average molecular weight is 802 g/mol. The predicted molar refractivity (Wildman–Crippen MR) is 260 cm³/mol. The normalized spacial score (nSPS) is 24.9. The second-order valence-corrected chi connectivity index (χ2v) is 19.6. The van der Waals surface area contributed by atoms with Crippen LogP contribution >= 0.6 is 0 Å². The van der Waals surface area contributed by atoms with Gasteiger partial charge in [-0.05, 0) is 175 Å². The lowest BCUT2D eigenvalue weighted by molar-refractivity contribution is 0.118. The molecule has 0 N–H and O–H groups in total. The minimum atomic E-state index is 0.611. The van der Waals surface area contributed by atoms with Gasteiger partial charge >= 0.3 is 0 Å². The monoisotopic (exact) mass is 802 g/mol. The third-order valence-electron chi connectivity index (χ3n) is 16.2. The van der Waals surface area contributed by atoms with Crippen LogP contribution in [-0.4, -0.2) is 12.1 Å². The van der Waals surface area contributed by atoms with Gasteiger partial charge in [0.2, 0.25) is 0 Å². The minimum absolute atomic E-state index is 0.611. The summed E-state index contributed by atoms with van der Waals surface area (Å²) in [7, 11) is 0. The number of rotatable bonds is 10. The van der Waals surface area contributed by atoms with Gasteiger partial charge < -0.3 is 4.90 Å². The summed E-state index contributed by atoms with van der Waals surface area (Å²) in [5, 5.41) is 0. The zero-order chi connectivity index (χ0) is 40.8. The molecule has 0 aromatic heterocycles. The highest BCUT2D eigenvalue weighted by atomic mass is 15.2. The van der Waals surface area contributed by atoms with E-state index >= 15 is 0 Å². The van der Waals surface area contributed by atoms with Crippen LogP contribution in [0.1, 0.15) is 121 Å². The fourth-order valence-corrected chi connectivity index (χ4v) is 12.7. The molecule has 6 aromatic rings. The van der Waals surface area contributed by atoms with E-state index < -0.39 is 0 Å². The molecule has 0 aliphatic heterocycles. The molecule has 6 aromatic carbocycles. The van der Waals surface area contributed by atoms with Crippen molar-refractivity contribution < 1.29 is 0 Å². The second-order valence-electron chi connectivity index (χ2n) is 19.6. The van der Waals surface area contributed by atoms with Gasteiger partial charge in [0.15, 0.2) is 0 Å². The first kappa shape index (κ1) is 40.2. The van der Waals surface area contributed by atoms with E-state index in [1.165, 1.54) is 165 Å². The first-order valence-corrected chi connectivity index (χ1v) is 24.5. The van der Waals surface area contributed by atoms with Gasteiger partial charge in [-0.2, -0.15) is 0 Å². The molecule has 0 radical (unpaired) electrons. The van der Waals surface area contributed by atoms with Crippen LogP contribution in [0.25, 0.3) is 44.5 Å². The van der Waals surface area contributed by atoms with E-state index in [1.807, 2.05) is 0 Å². The Morgan fingerprint density at radius 3 is 1.15 bits per heavy atom. The highest BCUT2D eigenvalue weighted by Gasteiger charge is 2.37. The van der Waals surface area contributed by atoms with E-state index in [-0.39, 0.29) is 0 Å². The number of hydrogen-bond donors (Lipinski definition) is 0. The fourth-order valence-electron chi connectivity index (χ4n) is 12.7. The lowest BCUT2D eigenvalue weighted by atomic mass is 9.66. The Hall–Kier alpha value is -4.88. The van der Waals surface area contributed by atoms with Gasteiger partial charge in [-0.1, -0.05) is 172 Å². The summed E-state index contributed by atoms with van der Waals surface area (Å²) in [6, 6.07) is 60.3. The standard InChI is InChI=1S/C60H67N/c1-4-11-44(12-5-1)47-19-23-49(24-20-47)52-31-37-58(38-32-52)61(59-39-33-53(34-40-59)50-25-21-48(22-26-50)45-13-6-2-7-14-45)60-41-35-54(36-42-60)51-27-29-55(30-28-51)57-18-10-17-56(43-57)46-15-8-3-9-16-46/h1,3-5,8-12,15-20,23-24,27-32,37-38,43,45,48,50,53-54,59-60H,2,6-7,13-14,21-22,25-26,33-36,39-42H2. The molecular weight excluding hydrogens is 735 g/mol. The van der Waals surface area contributed by atoms with E-state index in [1.54, 1.807) is 0 Å². The number of benzene rings is 6. The van der Waals surface area contributed by atoms with E-state index in [2.05, 4.69) is 163 Å². The molecule has 1 nitrogen and oxygen atoms in total. The molecule has 0 atom stereocenters. The molecule has 4 fully saturated rings. The van der Waals surface area contributed by atoms with Crippen LogP contribution in [-0.2, 0) is 0 Å². The Labute approximate surface area is 367 Å². The van der Waals surface area contributed by atoms with Crippen LogP contribution in [0.5, 0.6) is 0 Å². The Balaban J connectivity index is 0.819. The maximum atomic E-state index is 2.96. The van der Waals surface area contributed by atoms with Gasteiger partial charge in [0.25, 0.3) is 0 Å². The van der Waals surface area contributed by atoms with Crippen molar-refractivity contribution in [3.05, 3.63) is 163 Å². The van der Waals surface area contributed by atoms with Gasteiger partial charge in [-0.15, -0.1) is 0 Å². The van der Waals surface area contributed by atoms with Crippen LogP contribution < -0.4 is 4.90 Å². The number of nitrogens with zero attached hydrogens (tertiary/aromatic N) is 1. The van der Waals surface area contributed by atoms with E-state index in [0.29, 0.717) is 18.0 Å². The number of hydrogen-bond acceptors (Lipinski definition) is 1. The van der Waals surface area contributed by atoms with Crippen molar-refractivity contribution in [2.24, 2.45) is 23.7 Å². The highest BCUT2D eigenvalue weighted by Crippen LogP contribution is 2.47. The second kappa shape index (κ2) is 19.0. The molecule has 0 saturated heterocycles. The predicted octanol–water partition coefficient (Wildman–Crippen LogP) is 16.8. The molecule has 0 spiro atoms. The van der Waals surface area contributed by atoms with Crippen LogP contribution in [0, 0.1) is 23.7 Å². The number of anilines is 1. The molecular formula is C60H67N. The van der Waals surface area contributed by atoms with Crippen LogP contribution in [0.15, 0.2) is 158 Å². The van der Waals surface area contributed by atoms with E-state index in [9.17, 15) is 0 Å². The zero-order valence-electron chi connectivity index (χ0n) is 36.5. The molecule has 61 heavy (non-hydrogen) atoms. The fraction of sp³-hybridized carbons (Fsp3) is 0.400. The topological polar surface area (TPSA) is 3.24 Å². The summed E-state index contributed by atoms with van der Waals surface area (Å²) in [6.45, 7) is 0. The third kappa shape index (κ3) is 9.33. The molecule has 0 unspecified atom stereocenters. The average Bonchev–Trinajstić information content (AvgIpc) is 3.36. The van der Waals surface area contributed by atoms with Crippen molar-refractivity contribution in [3.8, 4) is 44.5 Å². The molecule has 0 amide bonds. The van der Waals surface area contributed by atoms with Gasteiger partial charge in [0, 0.05) is 17.8 Å². The largest absolute Gasteiger partial charge is 0.366 e. The van der Waals surface area contributed by atoms with Crippen molar-refractivity contribution in [2.75, 3.05) is 4.90 Å². The van der Waals surface area contributed by atoms with Crippen molar-refractivity contribution in [1.82, 2.24) is 0 Å². The summed E-state index contributed by atoms with van der Waals surface area (Å²) in [5.41, 5.74) is 13.3. The van der Waals surface area contributed by atoms with Crippen molar-refractivity contribution in [2.45, 2.75) is 127 Å². The maximum absolute atomic E-state index is 2.96.